The molecule has 34 heavy (non-hydrogen) atoms. The molecule has 0 amide bonds. The van der Waals surface area contributed by atoms with Gasteiger partial charge in [0.25, 0.3) is 0 Å². The molecule has 0 aliphatic carbocycles. The second-order valence-electron chi connectivity index (χ2n) is 8.90. The molecule has 3 heteroatoms. The van der Waals surface area contributed by atoms with E-state index in [-0.39, 0.29) is 0 Å². The zero-order valence-electron chi connectivity index (χ0n) is 19.0. The van der Waals surface area contributed by atoms with Gasteiger partial charge in [-0.1, -0.05) is 91.0 Å². The van der Waals surface area contributed by atoms with E-state index in [1.165, 1.54) is 27.1 Å². The fraction of sp³-hybridized carbons (Fsp3) is 0.0645. The minimum Gasteiger partial charge on any atom is -0.456 e. The molecule has 0 unspecified atom stereocenters. The van der Waals surface area contributed by atoms with Crippen LogP contribution in [-0.4, -0.2) is 4.57 Å². The van der Waals surface area contributed by atoms with Gasteiger partial charge in [-0.2, -0.15) is 0 Å². The number of para-hydroxylation sites is 1. The van der Waals surface area contributed by atoms with Gasteiger partial charge in [0, 0.05) is 21.8 Å². The molecule has 0 saturated heterocycles. The number of rotatable bonds is 2. The van der Waals surface area contributed by atoms with E-state index in [1.54, 1.807) is 0 Å². The number of benzene rings is 5. The first kappa shape index (κ1) is 19.1. The Morgan fingerprint density at radius 3 is 2.09 bits per heavy atom. The van der Waals surface area contributed by atoms with Gasteiger partial charge in [0.1, 0.15) is 11.2 Å². The van der Waals surface area contributed by atoms with Crippen molar-refractivity contribution in [2.24, 2.45) is 7.05 Å². The Labute approximate surface area is 197 Å². The van der Waals surface area contributed by atoms with Crippen LogP contribution in [0.1, 0.15) is 5.56 Å². The third-order valence-electron chi connectivity index (χ3n) is 6.89. The summed E-state index contributed by atoms with van der Waals surface area (Å²) in [4.78, 5) is 0. The third kappa shape index (κ3) is 2.55. The predicted octanol–water partition coefficient (Wildman–Crippen LogP) is 7.28. The molecule has 7 aromatic rings. The van der Waals surface area contributed by atoms with Gasteiger partial charge in [-0.25, -0.2) is 0 Å². The van der Waals surface area contributed by atoms with Gasteiger partial charge in [-0.15, -0.1) is 0 Å². The first-order valence-electron chi connectivity index (χ1n) is 11.5. The van der Waals surface area contributed by atoms with Crippen LogP contribution in [0.25, 0.3) is 60.6 Å². The lowest BCUT2D eigenvalue weighted by Gasteiger charge is -2.14. The summed E-state index contributed by atoms with van der Waals surface area (Å²) in [5, 5.41) is 7.15. The number of aromatic nitrogens is 2. The van der Waals surface area contributed by atoms with Crippen molar-refractivity contribution in [3.63, 3.8) is 0 Å². The van der Waals surface area contributed by atoms with Gasteiger partial charge in [-0.05, 0) is 28.6 Å². The second kappa shape index (κ2) is 7.06. The van der Waals surface area contributed by atoms with E-state index in [0.29, 0.717) is 0 Å². The fourth-order valence-corrected chi connectivity index (χ4v) is 5.33. The molecule has 0 atom stereocenters. The number of hydrogen-bond acceptors (Lipinski definition) is 1. The smallest absolute Gasteiger partial charge is 0.189 e. The van der Waals surface area contributed by atoms with Crippen LogP contribution in [0.4, 0.5) is 0 Å². The summed E-state index contributed by atoms with van der Waals surface area (Å²) in [6, 6.07) is 32.0. The predicted molar refractivity (Wildman–Crippen MR) is 138 cm³/mol. The van der Waals surface area contributed by atoms with Gasteiger partial charge in [-0.3, -0.25) is 4.57 Å². The van der Waals surface area contributed by atoms with Crippen LogP contribution < -0.4 is 4.57 Å². The zero-order valence-corrected chi connectivity index (χ0v) is 19.0. The minimum atomic E-state index is 0.913. The van der Waals surface area contributed by atoms with E-state index < -0.39 is 0 Å². The van der Waals surface area contributed by atoms with E-state index >= 15 is 0 Å². The molecule has 7 rings (SSSR count). The van der Waals surface area contributed by atoms with Crippen molar-refractivity contribution in [2.75, 3.05) is 0 Å². The molecule has 2 heterocycles. The quantitative estimate of drug-likeness (QED) is 0.158. The molecule has 3 nitrogen and oxygen atoms in total. The average Bonchev–Trinajstić information content (AvgIpc) is 3.46. The highest BCUT2D eigenvalue weighted by Crippen LogP contribution is 2.43. The lowest BCUT2D eigenvalue weighted by Crippen LogP contribution is -2.32. The largest absolute Gasteiger partial charge is 0.456 e. The normalized spacial score (nSPS) is 11.8. The van der Waals surface area contributed by atoms with E-state index in [2.05, 4.69) is 114 Å². The molecular formula is C31H22N2O. The molecule has 0 saturated carbocycles. The Balaban J connectivity index is 1.67. The van der Waals surface area contributed by atoms with Crippen molar-refractivity contribution in [1.82, 2.24) is 4.57 Å². The van der Waals surface area contributed by atoms with E-state index in [9.17, 15) is 0 Å². The van der Waals surface area contributed by atoms with Gasteiger partial charge < -0.3 is 8.98 Å². The van der Waals surface area contributed by atoms with Crippen LogP contribution in [0.3, 0.4) is 0 Å². The lowest BCUT2D eigenvalue weighted by atomic mass is 9.96. The molecule has 0 bridgehead atoms. The fourth-order valence-electron chi connectivity index (χ4n) is 5.33. The molecule has 0 aliphatic heterocycles. The van der Waals surface area contributed by atoms with Gasteiger partial charge in [0.05, 0.1) is 25.0 Å². The number of hydrogen-bond donors (Lipinski definition) is 0. The summed E-state index contributed by atoms with van der Waals surface area (Å²) < 4.78 is 11.1. The van der Waals surface area contributed by atoms with Crippen molar-refractivity contribution in [3.05, 3.63) is 109 Å². The summed E-state index contributed by atoms with van der Waals surface area (Å²) in [6.45, 7) is 2.15. The number of fused-ring (bicyclic) bond motifs is 8. The van der Waals surface area contributed by atoms with E-state index in [4.69, 9.17) is 4.42 Å². The van der Waals surface area contributed by atoms with Crippen LogP contribution in [0.5, 0.6) is 0 Å². The lowest BCUT2D eigenvalue weighted by molar-refractivity contribution is -0.587. The van der Waals surface area contributed by atoms with Crippen LogP contribution in [0, 0.1) is 13.1 Å². The monoisotopic (exact) mass is 438 g/mol. The molecule has 162 valence electrons. The molecule has 5 aromatic carbocycles. The molecular weight excluding hydrogens is 416 g/mol. The number of furan rings is 1. The van der Waals surface area contributed by atoms with Gasteiger partial charge >= 0.3 is 0 Å². The Kier molecular flexibility index (Phi) is 3.97. The minimum absolute atomic E-state index is 0.913. The van der Waals surface area contributed by atoms with Crippen molar-refractivity contribution in [1.29, 1.82) is 0 Å². The maximum absolute atomic E-state index is 6.81. The van der Waals surface area contributed by atoms with Crippen molar-refractivity contribution >= 4 is 43.5 Å². The molecule has 0 spiro atoms. The van der Waals surface area contributed by atoms with Crippen molar-refractivity contribution in [2.45, 2.75) is 6.92 Å². The second-order valence-corrected chi connectivity index (χ2v) is 8.90. The van der Waals surface area contributed by atoms with Gasteiger partial charge in [0.2, 0.25) is 0 Å². The van der Waals surface area contributed by atoms with E-state index in [0.717, 1.165) is 39.0 Å². The number of imidazole rings is 1. The standard InChI is InChI=1S/C31H22N2O/c1-20-16-17-26-28-24-14-8-6-12-22(24)23-13-7-9-15-25(23)29(28)34-30(26)27(20)31-32(2)18-19-33(31)21-10-4-3-5-11-21/h3-18H,1-2H3. The summed E-state index contributed by atoms with van der Waals surface area (Å²) in [7, 11) is 2.07. The average molecular weight is 439 g/mol. The molecule has 0 aliphatic rings. The third-order valence-corrected chi connectivity index (χ3v) is 6.89. The number of nitrogens with zero attached hydrogens (tertiary/aromatic N) is 2. The highest BCUT2D eigenvalue weighted by molar-refractivity contribution is 6.30. The molecule has 0 fully saturated rings. The summed E-state index contributed by atoms with van der Waals surface area (Å²) in [5.74, 6) is 1.04. The first-order valence-corrected chi connectivity index (χ1v) is 11.5. The van der Waals surface area contributed by atoms with Crippen LogP contribution in [-0.2, 0) is 7.05 Å². The zero-order chi connectivity index (χ0) is 22.8. The Morgan fingerprint density at radius 1 is 0.676 bits per heavy atom. The first-order chi connectivity index (χ1) is 16.7. The SMILES string of the molecule is Cc1ccc2c(oc3c4ccccc4c4ccccc4c23)c1-c1n(C)c[c-][n+]1-c1ccccc1. The molecule has 0 radical (unpaired) electrons. The van der Waals surface area contributed by atoms with Crippen molar-refractivity contribution in [3.8, 4) is 17.1 Å². The maximum atomic E-state index is 6.81. The molecule has 0 N–H and O–H groups in total. The van der Waals surface area contributed by atoms with Crippen LogP contribution >= 0.6 is 0 Å². The highest BCUT2D eigenvalue weighted by Gasteiger charge is 2.22. The Morgan fingerprint density at radius 2 is 1.32 bits per heavy atom. The molecule has 2 aromatic heterocycles. The van der Waals surface area contributed by atoms with Crippen molar-refractivity contribution < 1.29 is 8.98 Å². The van der Waals surface area contributed by atoms with E-state index in [1.807, 2.05) is 12.3 Å². The maximum Gasteiger partial charge on any atom is 0.189 e. The van der Waals surface area contributed by atoms with Gasteiger partial charge in [0.15, 0.2) is 5.82 Å². The van der Waals surface area contributed by atoms with Crippen LogP contribution in [0.2, 0.25) is 0 Å². The topological polar surface area (TPSA) is 21.9 Å². The number of aryl methyl sites for hydroxylation is 2. The van der Waals surface area contributed by atoms with Crippen LogP contribution in [0.15, 0.2) is 102 Å². The summed E-state index contributed by atoms with van der Waals surface area (Å²) in [5.41, 5.74) is 5.19. The Bertz CT molecular complexity index is 1870. The Hall–Kier alpha value is -4.37. The highest BCUT2D eigenvalue weighted by atomic mass is 16.3. The summed E-state index contributed by atoms with van der Waals surface area (Å²) >= 11 is 0. The summed E-state index contributed by atoms with van der Waals surface area (Å²) in [6.07, 6.45) is 5.39.